The number of aromatic amines is 1. The molecule has 1 fully saturated rings. The Balaban J connectivity index is 2.01. The second kappa shape index (κ2) is 8.51. The zero-order valence-corrected chi connectivity index (χ0v) is 18.7. The SMILES string of the molecule is CS(=O)(=O)NC(=O)c1c(-c2ccc[nH]c2=O)c2cc(Cl)ccc2n1CC1CCCCC1. The molecule has 0 atom stereocenters. The van der Waals surface area contributed by atoms with Gasteiger partial charge in [0.05, 0.1) is 6.26 Å². The van der Waals surface area contributed by atoms with Crippen molar-refractivity contribution < 1.29 is 13.2 Å². The summed E-state index contributed by atoms with van der Waals surface area (Å²) in [4.78, 5) is 28.5. The number of hydrogen-bond donors (Lipinski definition) is 2. The highest BCUT2D eigenvalue weighted by atomic mass is 35.5. The first-order valence-corrected chi connectivity index (χ1v) is 12.5. The average Bonchev–Trinajstić information content (AvgIpc) is 3.01. The van der Waals surface area contributed by atoms with E-state index in [2.05, 4.69) is 9.71 Å². The third-order valence-electron chi connectivity index (χ3n) is 5.77. The van der Waals surface area contributed by atoms with Crippen LogP contribution < -0.4 is 10.3 Å². The molecule has 9 heteroatoms. The zero-order chi connectivity index (χ0) is 22.2. The van der Waals surface area contributed by atoms with Crippen LogP contribution in [0.25, 0.3) is 22.0 Å². The maximum atomic E-state index is 13.2. The molecular weight excluding hydrogens is 438 g/mol. The Bertz CT molecular complexity index is 1300. The second-order valence-corrected chi connectivity index (χ2v) is 10.3. The Hall–Kier alpha value is -2.58. The molecule has 7 nitrogen and oxygen atoms in total. The lowest BCUT2D eigenvalue weighted by molar-refractivity contribution is 0.0972. The minimum Gasteiger partial charge on any atom is -0.336 e. The van der Waals surface area contributed by atoms with Crippen molar-refractivity contribution in [1.29, 1.82) is 0 Å². The van der Waals surface area contributed by atoms with E-state index in [0.717, 1.165) is 37.5 Å². The van der Waals surface area contributed by atoms with Gasteiger partial charge in [-0.05, 0) is 49.1 Å². The minimum atomic E-state index is -3.80. The number of halogens is 1. The molecule has 31 heavy (non-hydrogen) atoms. The lowest BCUT2D eigenvalue weighted by atomic mass is 9.89. The maximum Gasteiger partial charge on any atom is 0.282 e. The molecule has 1 saturated carbocycles. The van der Waals surface area contributed by atoms with E-state index in [1.807, 2.05) is 10.6 Å². The summed E-state index contributed by atoms with van der Waals surface area (Å²) >= 11 is 6.27. The van der Waals surface area contributed by atoms with Gasteiger partial charge in [0.15, 0.2) is 0 Å². The molecule has 1 aliphatic carbocycles. The molecule has 2 N–H and O–H groups in total. The summed E-state index contributed by atoms with van der Waals surface area (Å²) in [6.45, 7) is 0.565. The molecule has 2 aromatic heterocycles. The zero-order valence-electron chi connectivity index (χ0n) is 17.2. The summed E-state index contributed by atoms with van der Waals surface area (Å²) in [5.41, 5.74) is 1.21. The van der Waals surface area contributed by atoms with Gasteiger partial charge in [0.25, 0.3) is 11.5 Å². The van der Waals surface area contributed by atoms with E-state index < -0.39 is 15.9 Å². The van der Waals surface area contributed by atoms with E-state index >= 15 is 0 Å². The third-order valence-corrected chi connectivity index (χ3v) is 6.56. The quantitative estimate of drug-likeness (QED) is 0.601. The number of sulfonamides is 1. The number of fused-ring (bicyclic) bond motifs is 1. The number of benzene rings is 1. The Morgan fingerprint density at radius 2 is 1.97 bits per heavy atom. The van der Waals surface area contributed by atoms with E-state index in [4.69, 9.17) is 11.6 Å². The number of nitrogens with one attached hydrogen (secondary N) is 2. The summed E-state index contributed by atoms with van der Waals surface area (Å²) in [6.07, 6.45) is 7.99. The molecule has 0 bridgehead atoms. The summed E-state index contributed by atoms with van der Waals surface area (Å²) in [5, 5.41) is 1.10. The number of H-pyrrole nitrogens is 1. The van der Waals surface area contributed by atoms with E-state index in [1.54, 1.807) is 24.3 Å². The molecule has 0 spiro atoms. The van der Waals surface area contributed by atoms with Crippen LogP contribution in [0.1, 0.15) is 42.6 Å². The molecule has 1 aliphatic rings. The van der Waals surface area contributed by atoms with Crippen molar-refractivity contribution in [2.24, 2.45) is 5.92 Å². The van der Waals surface area contributed by atoms with Gasteiger partial charge in [0.1, 0.15) is 5.69 Å². The molecule has 1 aromatic carbocycles. The normalized spacial score (nSPS) is 15.3. The monoisotopic (exact) mass is 461 g/mol. The fourth-order valence-corrected chi connectivity index (χ4v) is 5.09. The van der Waals surface area contributed by atoms with Crippen LogP contribution >= 0.6 is 11.6 Å². The fraction of sp³-hybridized carbons (Fsp3) is 0.364. The number of hydrogen-bond acceptors (Lipinski definition) is 4. The Morgan fingerprint density at radius 1 is 1.23 bits per heavy atom. The Kier molecular flexibility index (Phi) is 5.94. The van der Waals surface area contributed by atoms with E-state index in [-0.39, 0.29) is 16.8 Å². The van der Waals surface area contributed by atoms with Crippen LogP contribution in [0.3, 0.4) is 0 Å². The van der Waals surface area contributed by atoms with Gasteiger partial charge in [-0.15, -0.1) is 0 Å². The van der Waals surface area contributed by atoms with Gasteiger partial charge < -0.3 is 9.55 Å². The molecule has 2 heterocycles. The van der Waals surface area contributed by atoms with E-state index in [9.17, 15) is 18.0 Å². The Labute approximate surface area is 185 Å². The number of pyridine rings is 1. The number of amides is 1. The smallest absolute Gasteiger partial charge is 0.282 e. The molecular formula is C22H24ClN3O4S. The van der Waals surface area contributed by atoms with E-state index in [1.165, 1.54) is 12.6 Å². The summed E-state index contributed by atoms with van der Waals surface area (Å²) in [5.74, 6) is -0.393. The van der Waals surface area contributed by atoms with Crippen LogP contribution in [-0.2, 0) is 16.6 Å². The molecule has 0 saturated heterocycles. The summed E-state index contributed by atoms with van der Waals surface area (Å²) < 4.78 is 27.7. The molecule has 4 rings (SSSR count). The van der Waals surface area contributed by atoms with Crippen LogP contribution in [0.5, 0.6) is 0 Å². The average molecular weight is 462 g/mol. The Morgan fingerprint density at radius 3 is 2.65 bits per heavy atom. The van der Waals surface area contributed by atoms with Crippen LogP contribution in [0.15, 0.2) is 41.3 Å². The minimum absolute atomic E-state index is 0.157. The van der Waals surface area contributed by atoms with Crippen LogP contribution in [0.2, 0.25) is 5.02 Å². The first kappa shape index (κ1) is 21.6. The summed E-state index contributed by atoms with van der Waals surface area (Å²) in [6, 6.07) is 8.56. The fourth-order valence-electron chi connectivity index (χ4n) is 4.49. The molecule has 164 valence electrons. The largest absolute Gasteiger partial charge is 0.336 e. The number of nitrogens with zero attached hydrogens (tertiary/aromatic N) is 1. The first-order chi connectivity index (χ1) is 14.7. The van der Waals surface area contributed by atoms with Gasteiger partial charge in [0, 0.05) is 39.8 Å². The number of carbonyl (C=O) groups excluding carboxylic acids is 1. The number of rotatable bonds is 5. The highest BCUT2D eigenvalue weighted by molar-refractivity contribution is 7.89. The summed E-state index contributed by atoms with van der Waals surface area (Å²) in [7, 11) is -3.80. The first-order valence-electron chi connectivity index (χ1n) is 10.3. The molecule has 0 aliphatic heterocycles. The number of aromatic nitrogens is 2. The van der Waals surface area contributed by atoms with Crippen molar-refractivity contribution in [2.45, 2.75) is 38.6 Å². The van der Waals surface area contributed by atoms with Gasteiger partial charge in [0.2, 0.25) is 10.0 Å². The van der Waals surface area contributed by atoms with Crippen molar-refractivity contribution >= 4 is 38.4 Å². The van der Waals surface area contributed by atoms with Crippen LogP contribution in [0, 0.1) is 5.92 Å². The van der Waals surface area contributed by atoms with Crippen molar-refractivity contribution in [3.05, 3.63) is 57.6 Å². The second-order valence-electron chi connectivity index (χ2n) is 8.12. The van der Waals surface area contributed by atoms with Gasteiger partial charge in [-0.25, -0.2) is 13.1 Å². The lowest BCUT2D eigenvalue weighted by Gasteiger charge is -2.23. The predicted octanol–water partition coefficient (Wildman–Crippen LogP) is 3.92. The third kappa shape index (κ3) is 4.55. The maximum absolute atomic E-state index is 13.2. The van der Waals surface area contributed by atoms with Crippen LogP contribution in [-0.4, -0.2) is 30.1 Å². The molecule has 3 aromatic rings. The molecule has 0 unspecified atom stereocenters. The highest BCUT2D eigenvalue weighted by Gasteiger charge is 2.28. The van der Waals surface area contributed by atoms with Crippen molar-refractivity contribution in [2.75, 3.05) is 6.26 Å². The number of carbonyl (C=O) groups is 1. The lowest BCUT2D eigenvalue weighted by Crippen LogP contribution is -2.32. The van der Waals surface area contributed by atoms with Gasteiger partial charge in [-0.3, -0.25) is 9.59 Å². The molecule has 1 amide bonds. The standard InChI is InChI=1S/C22H24ClN3O4S/c1-31(29,30)25-22(28)20-19(16-8-5-11-24-21(16)27)17-12-15(23)9-10-18(17)26(20)13-14-6-3-2-4-7-14/h5,8-12,14H,2-4,6-7,13H2,1H3,(H,24,27)(H,25,28). The van der Waals surface area contributed by atoms with Crippen molar-refractivity contribution in [3.8, 4) is 11.1 Å². The van der Waals surface area contributed by atoms with Crippen molar-refractivity contribution in [1.82, 2.24) is 14.3 Å². The van der Waals surface area contributed by atoms with Crippen LogP contribution in [0.4, 0.5) is 0 Å². The predicted molar refractivity (Wildman–Crippen MR) is 122 cm³/mol. The highest BCUT2D eigenvalue weighted by Crippen LogP contribution is 2.37. The van der Waals surface area contributed by atoms with Gasteiger partial charge >= 0.3 is 0 Å². The van der Waals surface area contributed by atoms with Gasteiger partial charge in [-0.2, -0.15) is 0 Å². The van der Waals surface area contributed by atoms with E-state index in [0.29, 0.717) is 28.4 Å². The van der Waals surface area contributed by atoms with Crippen molar-refractivity contribution in [3.63, 3.8) is 0 Å². The molecule has 0 radical (unpaired) electrons. The van der Waals surface area contributed by atoms with Gasteiger partial charge in [-0.1, -0.05) is 30.9 Å². The topological polar surface area (TPSA) is 101 Å².